The summed E-state index contributed by atoms with van der Waals surface area (Å²) in [6.07, 6.45) is 4.87. The van der Waals surface area contributed by atoms with Crippen molar-refractivity contribution in [2.75, 3.05) is 13.6 Å². The zero-order chi connectivity index (χ0) is 20.2. The van der Waals surface area contributed by atoms with Gasteiger partial charge in [-0.25, -0.2) is 4.39 Å². The number of hydrogen-bond acceptors (Lipinski definition) is 5. The standard InChI is InChI=1S/C21H20FN3O4/c1-24(11-15-7-9-28-23-15)19(26)17-16-6-8-21(29-16)12-25(20(27)18(17)21)10-13-2-4-14(22)5-3-13/h2-9,16-18H,10-12H2,1H3/t16-,17?,18?,21-/m1/s1. The van der Waals surface area contributed by atoms with Crippen LogP contribution in [0.25, 0.3) is 0 Å². The van der Waals surface area contributed by atoms with E-state index in [0.717, 1.165) is 5.56 Å². The number of halogens is 1. The molecule has 150 valence electrons. The molecule has 29 heavy (non-hydrogen) atoms. The fourth-order valence-electron chi connectivity index (χ4n) is 4.70. The van der Waals surface area contributed by atoms with Crippen LogP contribution in [0.2, 0.25) is 0 Å². The van der Waals surface area contributed by atoms with Gasteiger partial charge in [0, 0.05) is 19.7 Å². The minimum atomic E-state index is -0.767. The van der Waals surface area contributed by atoms with Crippen LogP contribution in [0.15, 0.2) is 53.3 Å². The molecule has 1 aromatic heterocycles. The lowest BCUT2D eigenvalue weighted by Crippen LogP contribution is -2.44. The fraction of sp³-hybridized carbons (Fsp3) is 0.381. The van der Waals surface area contributed by atoms with Gasteiger partial charge in [0.25, 0.3) is 0 Å². The van der Waals surface area contributed by atoms with Crippen LogP contribution in [0, 0.1) is 17.7 Å². The quantitative estimate of drug-likeness (QED) is 0.719. The van der Waals surface area contributed by atoms with E-state index in [2.05, 4.69) is 5.16 Å². The Morgan fingerprint density at radius 1 is 1.34 bits per heavy atom. The lowest BCUT2D eigenvalue weighted by molar-refractivity contribution is -0.143. The zero-order valence-electron chi connectivity index (χ0n) is 15.8. The van der Waals surface area contributed by atoms with Crippen molar-refractivity contribution in [2.45, 2.75) is 24.8 Å². The molecule has 8 heteroatoms. The average Bonchev–Trinajstić information content (AvgIpc) is 3.46. The highest BCUT2D eigenvalue weighted by Crippen LogP contribution is 2.52. The molecular weight excluding hydrogens is 377 g/mol. The summed E-state index contributed by atoms with van der Waals surface area (Å²) < 4.78 is 24.1. The molecule has 2 saturated heterocycles. The highest BCUT2D eigenvalue weighted by Gasteiger charge is 2.67. The second-order valence-electron chi connectivity index (χ2n) is 7.91. The molecule has 3 aliphatic heterocycles. The van der Waals surface area contributed by atoms with E-state index < -0.39 is 23.5 Å². The Balaban J connectivity index is 1.36. The van der Waals surface area contributed by atoms with Gasteiger partial charge in [-0.1, -0.05) is 29.4 Å². The van der Waals surface area contributed by atoms with Crippen LogP contribution in [0.3, 0.4) is 0 Å². The molecule has 1 spiro atoms. The number of rotatable bonds is 5. The van der Waals surface area contributed by atoms with E-state index in [-0.39, 0.29) is 17.6 Å². The van der Waals surface area contributed by atoms with E-state index in [4.69, 9.17) is 9.26 Å². The van der Waals surface area contributed by atoms with Crippen LogP contribution in [-0.4, -0.2) is 52.1 Å². The third-order valence-corrected chi connectivity index (χ3v) is 6.02. The van der Waals surface area contributed by atoms with Gasteiger partial charge in [-0.2, -0.15) is 0 Å². The van der Waals surface area contributed by atoms with Crippen LogP contribution in [0.5, 0.6) is 0 Å². The Morgan fingerprint density at radius 2 is 2.14 bits per heavy atom. The van der Waals surface area contributed by atoms with E-state index in [1.54, 1.807) is 35.0 Å². The molecular formula is C21H20FN3O4. The molecule has 0 N–H and O–H groups in total. The molecule has 1 aromatic carbocycles. The summed E-state index contributed by atoms with van der Waals surface area (Å²) in [5, 5.41) is 3.84. The number of aromatic nitrogens is 1. The van der Waals surface area contributed by atoms with Crippen LogP contribution >= 0.6 is 0 Å². The molecule has 4 heterocycles. The lowest BCUT2D eigenvalue weighted by atomic mass is 9.76. The number of amides is 2. The predicted molar refractivity (Wildman–Crippen MR) is 98.5 cm³/mol. The summed E-state index contributed by atoms with van der Waals surface area (Å²) in [6.45, 7) is 1.04. The third kappa shape index (κ3) is 2.86. The minimum absolute atomic E-state index is 0.102. The molecule has 2 unspecified atom stereocenters. The van der Waals surface area contributed by atoms with Gasteiger partial charge in [-0.15, -0.1) is 0 Å². The van der Waals surface area contributed by atoms with Crippen molar-refractivity contribution < 1.29 is 23.2 Å². The largest absolute Gasteiger partial charge is 0.364 e. The van der Waals surface area contributed by atoms with Crippen molar-refractivity contribution in [1.29, 1.82) is 0 Å². The van der Waals surface area contributed by atoms with Gasteiger partial charge < -0.3 is 19.1 Å². The SMILES string of the molecule is CN(Cc1ccon1)C(=O)C1C2C(=O)N(Cc3ccc(F)cc3)C[C@]23C=C[C@H]1O3. The van der Waals surface area contributed by atoms with Gasteiger partial charge in [0.2, 0.25) is 11.8 Å². The normalized spacial score (nSPS) is 29.5. The molecule has 0 aliphatic carbocycles. The molecule has 2 amide bonds. The summed E-state index contributed by atoms with van der Waals surface area (Å²) in [6, 6.07) is 7.78. The minimum Gasteiger partial charge on any atom is -0.364 e. The maximum Gasteiger partial charge on any atom is 0.230 e. The van der Waals surface area contributed by atoms with E-state index in [9.17, 15) is 14.0 Å². The number of carbonyl (C=O) groups excluding carboxylic acids is 2. The number of ether oxygens (including phenoxy) is 1. The number of likely N-dealkylation sites (tertiary alicyclic amines) is 1. The van der Waals surface area contributed by atoms with Gasteiger partial charge in [0.15, 0.2) is 0 Å². The summed E-state index contributed by atoms with van der Waals surface area (Å²) in [4.78, 5) is 29.7. The number of nitrogens with zero attached hydrogens (tertiary/aromatic N) is 3. The lowest BCUT2D eigenvalue weighted by Gasteiger charge is -2.27. The van der Waals surface area contributed by atoms with E-state index >= 15 is 0 Å². The molecule has 4 atom stereocenters. The first-order chi connectivity index (χ1) is 14.0. The second kappa shape index (κ2) is 6.52. The highest BCUT2D eigenvalue weighted by atomic mass is 19.1. The Bertz CT molecular complexity index is 974. The summed E-state index contributed by atoms with van der Waals surface area (Å²) >= 11 is 0. The summed E-state index contributed by atoms with van der Waals surface area (Å²) in [5.41, 5.74) is 0.711. The number of carbonyl (C=O) groups is 2. The molecule has 2 bridgehead atoms. The molecule has 7 nitrogen and oxygen atoms in total. The van der Waals surface area contributed by atoms with Crippen LogP contribution in [0.4, 0.5) is 4.39 Å². The average molecular weight is 397 g/mol. The maximum atomic E-state index is 13.2. The highest BCUT2D eigenvalue weighted by molar-refractivity contribution is 5.93. The Labute approximate surface area is 166 Å². The molecule has 0 saturated carbocycles. The number of benzene rings is 1. The Morgan fingerprint density at radius 3 is 2.86 bits per heavy atom. The van der Waals surface area contributed by atoms with Crippen LogP contribution in [-0.2, 0) is 27.4 Å². The second-order valence-corrected chi connectivity index (χ2v) is 7.91. The van der Waals surface area contributed by atoms with Crippen molar-refractivity contribution in [1.82, 2.24) is 15.0 Å². The zero-order valence-corrected chi connectivity index (χ0v) is 15.8. The predicted octanol–water partition coefficient (Wildman–Crippen LogP) is 1.75. The van der Waals surface area contributed by atoms with Crippen molar-refractivity contribution in [3.63, 3.8) is 0 Å². The monoisotopic (exact) mass is 397 g/mol. The summed E-state index contributed by atoms with van der Waals surface area (Å²) in [5.74, 6) is -1.68. The number of fused-ring (bicyclic) bond motifs is 1. The molecule has 3 aliphatic rings. The van der Waals surface area contributed by atoms with Crippen LogP contribution < -0.4 is 0 Å². The van der Waals surface area contributed by atoms with Crippen molar-refractivity contribution in [3.8, 4) is 0 Å². The molecule has 2 aromatic rings. The van der Waals surface area contributed by atoms with Crippen molar-refractivity contribution >= 4 is 11.8 Å². The Hall–Kier alpha value is -3.00. The van der Waals surface area contributed by atoms with E-state index in [1.807, 2.05) is 12.2 Å². The topological polar surface area (TPSA) is 75.9 Å². The van der Waals surface area contributed by atoms with Gasteiger partial charge in [0.05, 0.1) is 31.0 Å². The van der Waals surface area contributed by atoms with Gasteiger partial charge >= 0.3 is 0 Å². The van der Waals surface area contributed by atoms with Gasteiger partial charge in [-0.05, 0) is 17.7 Å². The van der Waals surface area contributed by atoms with Gasteiger partial charge in [-0.3, -0.25) is 9.59 Å². The maximum absolute atomic E-state index is 13.2. The smallest absolute Gasteiger partial charge is 0.230 e. The number of hydrogen-bond donors (Lipinski definition) is 0. The molecule has 5 rings (SSSR count). The van der Waals surface area contributed by atoms with Gasteiger partial charge in [0.1, 0.15) is 23.4 Å². The van der Waals surface area contributed by atoms with Crippen molar-refractivity contribution in [2.24, 2.45) is 11.8 Å². The molecule has 0 radical (unpaired) electrons. The van der Waals surface area contributed by atoms with Crippen LogP contribution in [0.1, 0.15) is 11.3 Å². The van der Waals surface area contributed by atoms with E-state index in [0.29, 0.717) is 25.3 Å². The molecule has 2 fully saturated rings. The van der Waals surface area contributed by atoms with Crippen molar-refractivity contribution in [3.05, 3.63) is 65.8 Å². The Kier molecular flexibility index (Phi) is 4.06. The first-order valence-electron chi connectivity index (χ1n) is 9.51. The third-order valence-electron chi connectivity index (χ3n) is 6.02. The first-order valence-corrected chi connectivity index (χ1v) is 9.51. The first kappa shape index (κ1) is 18.1. The van der Waals surface area contributed by atoms with E-state index in [1.165, 1.54) is 18.4 Å². The summed E-state index contributed by atoms with van der Waals surface area (Å²) in [7, 11) is 1.69. The fourth-order valence-corrected chi connectivity index (χ4v) is 4.70.